The zero-order valence-corrected chi connectivity index (χ0v) is 14.7. The molecule has 0 aliphatic rings. The molecule has 132 valence electrons. The second-order valence-electron chi connectivity index (χ2n) is 6.81. The quantitative estimate of drug-likeness (QED) is 0.527. The van der Waals surface area contributed by atoms with Crippen molar-refractivity contribution in [2.75, 3.05) is 0 Å². The van der Waals surface area contributed by atoms with E-state index in [1.54, 1.807) is 6.20 Å². The van der Waals surface area contributed by atoms with Gasteiger partial charge in [0.15, 0.2) is 0 Å². The monoisotopic (exact) mass is 348 g/mol. The van der Waals surface area contributed by atoms with Crippen LogP contribution >= 0.6 is 0 Å². The van der Waals surface area contributed by atoms with Crippen LogP contribution in [0.15, 0.2) is 48.8 Å². The summed E-state index contributed by atoms with van der Waals surface area (Å²) in [6.45, 7) is 4.25. The second kappa shape index (κ2) is 5.96. The molecule has 4 aromatic rings. The third-order valence-corrected chi connectivity index (χ3v) is 4.39. The Hall–Kier alpha value is -3.19. The van der Waals surface area contributed by atoms with E-state index in [1.807, 2.05) is 60.8 Å². The number of imidazole rings is 2. The Morgan fingerprint density at radius 2 is 2.00 bits per heavy atom. The molecule has 0 saturated heterocycles. The number of fused-ring (bicyclic) bond motifs is 2. The van der Waals surface area contributed by atoms with Gasteiger partial charge in [0.25, 0.3) is 5.91 Å². The first kappa shape index (κ1) is 16.3. The number of benzene rings is 1. The van der Waals surface area contributed by atoms with E-state index in [4.69, 9.17) is 5.73 Å². The minimum atomic E-state index is -0.672. The molecule has 7 nitrogen and oxygen atoms in total. The lowest BCUT2D eigenvalue weighted by atomic mass is 10.0. The van der Waals surface area contributed by atoms with Gasteiger partial charge in [-0.1, -0.05) is 18.2 Å². The molecule has 3 heterocycles. The van der Waals surface area contributed by atoms with Gasteiger partial charge in [-0.3, -0.25) is 4.79 Å². The van der Waals surface area contributed by atoms with E-state index in [0.717, 1.165) is 16.6 Å². The maximum Gasteiger partial charge on any atom is 0.272 e. The van der Waals surface area contributed by atoms with E-state index < -0.39 is 5.54 Å². The molecule has 3 aromatic heterocycles. The summed E-state index contributed by atoms with van der Waals surface area (Å²) in [5, 5.41) is 3.01. The summed E-state index contributed by atoms with van der Waals surface area (Å²) in [5.41, 5.74) is 8.83. The lowest BCUT2D eigenvalue weighted by molar-refractivity contribution is 0.0904. The normalized spacial score (nSPS) is 12.0. The highest BCUT2D eigenvalue weighted by Crippen LogP contribution is 2.21. The Bertz CT molecular complexity index is 1070. The molecule has 0 bridgehead atoms. The van der Waals surface area contributed by atoms with Crippen LogP contribution in [0.1, 0.15) is 35.7 Å². The van der Waals surface area contributed by atoms with Crippen molar-refractivity contribution in [2.24, 2.45) is 5.73 Å². The number of hydrogen-bond acceptors (Lipinski definition) is 4. The largest absolute Gasteiger partial charge is 0.340 e. The van der Waals surface area contributed by atoms with Crippen LogP contribution in [-0.4, -0.2) is 25.3 Å². The highest BCUT2D eigenvalue weighted by Gasteiger charge is 2.28. The predicted molar refractivity (Wildman–Crippen MR) is 99.7 cm³/mol. The van der Waals surface area contributed by atoms with Crippen LogP contribution < -0.4 is 11.1 Å². The number of amides is 1. The minimum absolute atomic E-state index is 0.256. The predicted octanol–water partition coefficient (Wildman–Crippen LogP) is 2.33. The molecule has 26 heavy (non-hydrogen) atoms. The van der Waals surface area contributed by atoms with Crippen LogP contribution in [0.3, 0.4) is 0 Å². The molecule has 0 radical (unpaired) electrons. The van der Waals surface area contributed by atoms with Gasteiger partial charge in [-0.05, 0) is 37.6 Å². The number of rotatable bonds is 4. The third kappa shape index (κ3) is 2.82. The first-order valence-corrected chi connectivity index (χ1v) is 8.42. The molecule has 0 aliphatic heterocycles. The Morgan fingerprint density at radius 1 is 1.19 bits per heavy atom. The van der Waals surface area contributed by atoms with Crippen molar-refractivity contribution in [1.29, 1.82) is 0 Å². The second-order valence-corrected chi connectivity index (χ2v) is 6.81. The zero-order valence-electron chi connectivity index (χ0n) is 14.7. The first-order chi connectivity index (χ1) is 12.5. The fourth-order valence-corrected chi connectivity index (χ4v) is 2.92. The van der Waals surface area contributed by atoms with Crippen molar-refractivity contribution in [3.8, 4) is 0 Å². The number of nitrogens with one attached hydrogen (secondary N) is 2. The summed E-state index contributed by atoms with van der Waals surface area (Å²) in [6, 6.07) is 11.5. The molecule has 1 aromatic carbocycles. The molecule has 4 rings (SSSR count). The maximum atomic E-state index is 12.7. The van der Waals surface area contributed by atoms with Gasteiger partial charge in [-0.2, -0.15) is 0 Å². The molecule has 0 spiro atoms. The summed E-state index contributed by atoms with van der Waals surface area (Å²) in [5.74, 6) is 0.440. The number of H-pyrrole nitrogens is 1. The fourth-order valence-electron chi connectivity index (χ4n) is 2.92. The van der Waals surface area contributed by atoms with Crippen LogP contribution in [0, 0.1) is 0 Å². The van der Waals surface area contributed by atoms with E-state index in [9.17, 15) is 4.79 Å². The van der Waals surface area contributed by atoms with Gasteiger partial charge < -0.3 is 20.4 Å². The minimum Gasteiger partial charge on any atom is -0.340 e. The SMILES string of the molecule is CC(C)(NC(=O)c1cn2cc(CN)ccc2n1)c1nc2ccccc2[nH]1. The number of aromatic amines is 1. The third-order valence-electron chi connectivity index (χ3n) is 4.39. The molecule has 1 amide bonds. The summed E-state index contributed by atoms with van der Waals surface area (Å²) < 4.78 is 1.81. The van der Waals surface area contributed by atoms with E-state index in [0.29, 0.717) is 23.7 Å². The van der Waals surface area contributed by atoms with Crippen LogP contribution in [0.2, 0.25) is 0 Å². The number of carbonyl (C=O) groups is 1. The Kier molecular flexibility index (Phi) is 3.73. The van der Waals surface area contributed by atoms with Crippen LogP contribution in [0.5, 0.6) is 0 Å². The number of aromatic nitrogens is 4. The fraction of sp³-hybridized carbons (Fsp3) is 0.211. The maximum absolute atomic E-state index is 12.7. The van der Waals surface area contributed by atoms with E-state index in [-0.39, 0.29) is 5.91 Å². The number of carbonyl (C=O) groups excluding carboxylic acids is 1. The van der Waals surface area contributed by atoms with Crippen molar-refractivity contribution in [1.82, 2.24) is 24.7 Å². The van der Waals surface area contributed by atoms with Gasteiger partial charge in [0.05, 0.1) is 16.6 Å². The highest BCUT2D eigenvalue weighted by atomic mass is 16.2. The molecular formula is C19H20N6O. The van der Waals surface area contributed by atoms with Crippen molar-refractivity contribution in [3.63, 3.8) is 0 Å². The van der Waals surface area contributed by atoms with Crippen molar-refractivity contribution < 1.29 is 4.79 Å². The summed E-state index contributed by atoms with van der Waals surface area (Å²) in [6.07, 6.45) is 3.59. The lowest BCUT2D eigenvalue weighted by Crippen LogP contribution is -2.42. The molecule has 7 heteroatoms. The standard InChI is InChI=1S/C19H20N6O/c1-19(2,18-22-13-5-3-4-6-14(13)23-18)24-17(26)15-11-25-10-12(9-20)7-8-16(25)21-15/h3-8,10-11H,9,20H2,1-2H3,(H,22,23)(H,24,26). The molecule has 0 fully saturated rings. The average molecular weight is 348 g/mol. The Morgan fingerprint density at radius 3 is 2.77 bits per heavy atom. The average Bonchev–Trinajstić information content (AvgIpc) is 3.25. The topological polar surface area (TPSA) is 101 Å². The van der Waals surface area contributed by atoms with Crippen molar-refractivity contribution >= 4 is 22.6 Å². The van der Waals surface area contributed by atoms with Gasteiger partial charge in [-0.25, -0.2) is 9.97 Å². The highest BCUT2D eigenvalue weighted by molar-refractivity contribution is 5.93. The first-order valence-electron chi connectivity index (χ1n) is 8.42. The number of hydrogen-bond donors (Lipinski definition) is 3. The molecular weight excluding hydrogens is 328 g/mol. The van der Waals surface area contributed by atoms with Gasteiger partial charge in [0, 0.05) is 18.9 Å². The van der Waals surface area contributed by atoms with Crippen LogP contribution in [-0.2, 0) is 12.1 Å². The molecule has 0 atom stereocenters. The van der Waals surface area contributed by atoms with Gasteiger partial charge in [-0.15, -0.1) is 0 Å². The number of nitrogens with zero attached hydrogens (tertiary/aromatic N) is 3. The summed E-state index contributed by atoms with van der Waals surface area (Å²) >= 11 is 0. The number of pyridine rings is 1. The van der Waals surface area contributed by atoms with E-state index in [2.05, 4.69) is 20.3 Å². The molecule has 0 unspecified atom stereocenters. The summed E-state index contributed by atoms with van der Waals surface area (Å²) in [7, 11) is 0. The van der Waals surface area contributed by atoms with Gasteiger partial charge >= 0.3 is 0 Å². The van der Waals surface area contributed by atoms with Crippen molar-refractivity contribution in [3.05, 3.63) is 65.9 Å². The molecule has 4 N–H and O–H groups in total. The molecule has 0 saturated carbocycles. The van der Waals surface area contributed by atoms with Crippen LogP contribution in [0.25, 0.3) is 16.7 Å². The van der Waals surface area contributed by atoms with E-state index in [1.165, 1.54) is 0 Å². The molecule has 0 aliphatic carbocycles. The summed E-state index contributed by atoms with van der Waals surface area (Å²) in [4.78, 5) is 25.0. The van der Waals surface area contributed by atoms with Gasteiger partial charge in [0.2, 0.25) is 0 Å². The zero-order chi connectivity index (χ0) is 18.3. The number of nitrogens with two attached hydrogens (primary N) is 1. The number of para-hydroxylation sites is 2. The lowest BCUT2D eigenvalue weighted by Gasteiger charge is -2.23. The van der Waals surface area contributed by atoms with E-state index >= 15 is 0 Å². The smallest absolute Gasteiger partial charge is 0.272 e. The Labute approximate surface area is 150 Å². The Balaban J connectivity index is 1.61. The van der Waals surface area contributed by atoms with Gasteiger partial charge in [0.1, 0.15) is 17.2 Å². The van der Waals surface area contributed by atoms with Crippen LogP contribution in [0.4, 0.5) is 0 Å². The van der Waals surface area contributed by atoms with Crippen molar-refractivity contribution in [2.45, 2.75) is 25.9 Å².